The molecule has 7 heteroatoms. The van der Waals surface area contributed by atoms with Crippen molar-refractivity contribution in [3.8, 4) is 5.75 Å². The van der Waals surface area contributed by atoms with Crippen LogP contribution in [0.5, 0.6) is 5.75 Å². The summed E-state index contributed by atoms with van der Waals surface area (Å²) in [6.07, 6.45) is 0. The van der Waals surface area contributed by atoms with E-state index in [0.29, 0.717) is 11.6 Å². The molecule has 1 aliphatic heterocycles. The van der Waals surface area contributed by atoms with E-state index in [9.17, 15) is 28.6 Å². The van der Waals surface area contributed by atoms with E-state index in [1.165, 1.54) is 24.3 Å². The van der Waals surface area contributed by atoms with Gasteiger partial charge in [0.1, 0.15) is 17.4 Å². The highest BCUT2D eigenvalue weighted by Crippen LogP contribution is 2.44. The monoisotopic (exact) mass is 387 g/mol. The van der Waals surface area contributed by atoms with Crippen LogP contribution in [0.15, 0.2) is 53.8 Å². The Bertz CT molecular complexity index is 990. The molecule has 2 aromatic carbocycles. The van der Waals surface area contributed by atoms with E-state index in [4.69, 9.17) is 0 Å². The highest BCUT2D eigenvalue weighted by molar-refractivity contribution is 6.17. The number of halogens is 2. The first-order valence-electron chi connectivity index (χ1n) is 8.58. The number of carbonyl (C=O) groups excluding carboxylic acids is 2. The van der Waals surface area contributed by atoms with Crippen molar-refractivity contribution in [3.63, 3.8) is 0 Å². The van der Waals surface area contributed by atoms with Crippen molar-refractivity contribution in [1.29, 1.82) is 0 Å². The Morgan fingerprint density at radius 1 is 1.04 bits per heavy atom. The lowest BCUT2D eigenvalue weighted by Crippen LogP contribution is -2.33. The van der Waals surface area contributed by atoms with Gasteiger partial charge in [-0.25, -0.2) is 8.78 Å². The van der Waals surface area contributed by atoms with Crippen LogP contribution in [0.25, 0.3) is 0 Å². The number of hydrogen-bond donors (Lipinski definition) is 2. The maximum Gasteiger partial charge on any atom is 0.294 e. The van der Waals surface area contributed by atoms with E-state index in [1.54, 1.807) is 20.8 Å². The Labute approximate surface area is 160 Å². The number of carbonyl (C=O) groups is 2. The van der Waals surface area contributed by atoms with Crippen LogP contribution in [-0.2, 0) is 9.59 Å². The fourth-order valence-electron chi connectivity index (χ4n) is 3.14. The number of ketones is 1. The van der Waals surface area contributed by atoms with Gasteiger partial charge in [-0.3, -0.25) is 14.5 Å². The van der Waals surface area contributed by atoms with Crippen LogP contribution in [0.3, 0.4) is 0 Å². The number of nitrogens with zero attached hydrogens (tertiary/aromatic N) is 1. The van der Waals surface area contributed by atoms with Gasteiger partial charge in [0.15, 0.2) is 11.5 Å². The van der Waals surface area contributed by atoms with Crippen molar-refractivity contribution < 1.29 is 28.6 Å². The summed E-state index contributed by atoms with van der Waals surface area (Å²) >= 11 is 0. The van der Waals surface area contributed by atoms with Gasteiger partial charge in [-0.15, -0.1) is 0 Å². The minimum Gasteiger partial charge on any atom is -0.508 e. The predicted molar refractivity (Wildman–Crippen MR) is 98.8 cm³/mol. The topological polar surface area (TPSA) is 77.8 Å². The van der Waals surface area contributed by atoms with Crippen molar-refractivity contribution in [2.24, 2.45) is 5.41 Å². The zero-order valence-corrected chi connectivity index (χ0v) is 15.5. The second-order valence-corrected chi connectivity index (χ2v) is 7.61. The van der Waals surface area contributed by atoms with Gasteiger partial charge >= 0.3 is 0 Å². The summed E-state index contributed by atoms with van der Waals surface area (Å²) in [5.41, 5.74) is -0.984. The Morgan fingerprint density at radius 2 is 1.64 bits per heavy atom. The number of amides is 1. The molecule has 146 valence electrons. The zero-order valence-electron chi connectivity index (χ0n) is 15.5. The number of phenols is 1. The highest BCUT2D eigenvalue weighted by Gasteiger charge is 2.47. The minimum absolute atomic E-state index is 0.0375. The molecule has 2 aromatic rings. The summed E-state index contributed by atoms with van der Waals surface area (Å²) in [6.45, 7) is 4.90. The number of aromatic hydroxyl groups is 1. The zero-order chi connectivity index (χ0) is 20.8. The normalized spacial score (nSPS) is 17.4. The second-order valence-electron chi connectivity index (χ2n) is 7.61. The molecule has 0 aliphatic carbocycles. The third kappa shape index (κ3) is 3.24. The number of hydrogen-bond acceptors (Lipinski definition) is 4. The van der Waals surface area contributed by atoms with Crippen LogP contribution >= 0.6 is 0 Å². The van der Waals surface area contributed by atoms with Gasteiger partial charge in [0.2, 0.25) is 0 Å². The molecule has 1 atom stereocenters. The van der Waals surface area contributed by atoms with E-state index >= 15 is 0 Å². The Balaban J connectivity index is 2.23. The molecule has 1 unspecified atom stereocenters. The number of rotatable bonds is 3. The molecule has 0 aromatic heterocycles. The summed E-state index contributed by atoms with van der Waals surface area (Å²) in [5, 5.41) is 20.0. The Hall–Kier alpha value is -3.22. The molecule has 1 heterocycles. The van der Waals surface area contributed by atoms with Gasteiger partial charge in [-0.1, -0.05) is 32.9 Å². The molecule has 0 saturated carbocycles. The van der Waals surface area contributed by atoms with Crippen molar-refractivity contribution in [1.82, 2.24) is 0 Å². The fourth-order valence-corrected chi connectivity index (χ4v) is 3.14. The molecule has 28 heavy (non-hydrogen) atoms. The van der Waals surface area contributed by atoms with Crippen LogP contribution in [-0.4, -0.2) is 21.9 Å². The Morgan fingerprint density at radius 3 is 2.18 bits per heavy atom. The largest absolute Gasteiger partial charge is 0.508 e. The third-order valence-electron chi connectivity index (χ3n) is 4.51. The number of aliphatic hydroxyl groups is 1. The fraction of sp³-hybridized carbons (Fsp3) is 0.238. The molecule has 2 N–H and O–H groups in total. The first kappa shape index (κ1) is 19.5. The molecule has 5 nitrogen and oxygen atoms in total. The molecular formula is C21H19F2NO4. The van der Waals surface area contributed by atoms with E-state index in [-0.39, 0.29) is 17.0 Å². The molecule has 0 bridgehead atoms. The van der Waals surface area contributed by atoms with Gasteiger partial charge in [0.05, 0.1) is 17.3 Å². The first-order valence-corrected chi connectivity index (χ1v) is 8.58. The van der Waals surface area contributed by atoms with Crippen LogP contribution in [0.4, 0.5) is 14.5 Å². The van der Waals surface area contributed by atoms with Gasteiger partial charge in [-0.05, 0) is 29.8 Å². The maximum atomic E-state index is 14.5. The van der Waals surface area contributed by atoms with Crippen LogP contribution in [0.2, 0.25) is 0 Å². The summed E-state index contributed by atoms with van der Waals surface area (Å²) in [4.78, 5) is 26.7. The standard InChI is InChI=1S/C21H19F2NO4/c1-21(2,3)19(27)16-17(11-4-7-13(25)8-5-11)24(20(28)18(16)26)15-9-6-12(22)10-14(15)23/h4-10,17,25-26H,1-3H3. The van der Waals surface area contributed by atoms with Crippen molar-refractivity contribution in [2.75, 3.05) is 4.90 Å². The lowest BCUT2D eigenvalue weighted by Gasteiger charge is -2.29. The van der Waals surface area contributed by atoms with Crippen LogP contribution in [0, 0.1) is 17.0 Å². The first-order chi connectivity index (χ1) is 13.0. The lowest BCUT2D eigenvalue weighted by molar-refractivity contribution is -0.123. The van der Waals surface area contributed by atoms with Crippen molar-refractivity contribution in [3.05, 3.63) is 71.0 Å². The van der Waals surface area contributed by atoms with Gasteiger partial charge < -0.3 is 10.2 Å². The molecule has 0 radical (unpaired) electrons. The summed E-state index contributed by atoms with van der Waals surface area (Å²) in [7, 11) is 0. The number of Topliss-reactive ketones (excluding diaryl/α,β-unsaturated/α-hetero) is 1. The van der Waals surface area contributed by atoms with E-state index in [1.807, 2.05) is 0 Å². The number of anilines is 1. The molecular weight excluding hydrogens is 368 g/mol. The minimum atomic E-state index is -1.13. The second kappa shape index (κ2) is 6.74. The van der Waals surface area contributed by atoms with Crippen LogP contribution in [0.1, 0.15) is 32.4 Å². The van der Waals surface area contributed by atoms with Gasteiger partial charge in [0, 0.05) is 11.5 Å². The molecule has 0 saturated heterocycles. The lowest BCUT2D eigenvalue weighted by atomic mass is 9.82. The SMILES string of the molecule is CC(C)(C)C(=O)C1=C(O)C(=O)N(c2ccc(F)cc2F)C1c1ccc(O)cc1. The van der Waals surface area contributed by atoms with E-state index < -0.39 is 40.5 Å². The van der Waals surface area contributed by atoms with E-state index in [0.717, 1.165) is 17.0 Å². The van der Waals surface area contributed by atoms with Gasteiger partial charge in [0.25, 0.3) is 5.91 Å². The van der Waals surface area contributed by atoms with E-state index in [2.05, 4.69) is 0 Å². The number of benzene rings is 2. The predicted octanol–water partition coefficient (Wildman–Crippen LogP) is 4.19. The molecule has 1 aliphatic rings. The average Bonchev–Trinajstić information content (AvgIpc) is 2.86. The molecule has 3 rings (SSSR count). The van der Waals surface area contributed by atoms with Gasteiger partial charge in [-0.2, -0.15) is 0 Å². The number of phenolic OH excluding ortho intramolecular Hbond substituents is 1. The molecule has 1 amide bonds. The molecule has 0 spiro atoms. The quantitative estimate of drug-likeness (QED) is 0.828. The summed E-state index contributed by atoms with van der Waals surface area (Å²) in [6, 6.07) is 7.21. The number of aliphatic hydroxyl groups excluding tert-OH is 1. The van der Waals surface area contributed by atoms with Crippen molar-refractivity contribution in [2.45, 2.75) is 26.8 Å². The summed E-state index contributed by atoms with van der Waals surface area (Å²) < 4.78 is 27.8. The maximum absolute atomic E-state index is 14.5. The smallest absolute Gasteiger partial charge is 0.294 e. The highest BCUT2D eigenvalue weighted by atomic mass is 19.1. The third-order valence-corrected chi connectivity index (χ3v) is 4.51. The van der Waals surface area contributed by atoms with Crippen LogP contribution < -0.4 is 4.90 Å². The summed E-state index contributed by atoms with van der Waals surface area (Å²) in [5.74, 6) is -4.09. The molecule has 0 fully saturated rings. The average molecular weight is 387 g/mol. The van der Waals surface area contributed by atoms with Crippen molar-refractivity contribution >= 4 is 17.4 Å². The Kier molecular flexibility index (Phi) is 4.71.